The Bertz CT molecular complexity index is 1070. The van der Waals surface area contributed by atoms with E-state index in [1.54, 1.807) is 24.1 Å². The molecule has 1 saturated heterocycles. The molecule has 3 unspecified atom stereocenters. The fourth-order valence-corrected chi connectivity index (χ4v) is 4.89. The molecule has 0 spiro atoms. The van der Waals surface area contributed by atoms with Crippen LogP contribution in [0, 0.1) is 0 Å². The molecule has 1 amide bonds. The molecule has 2 aliphatic heterocycles. The molecule has 2 aromatic carbocycles. The van der Waals surface area contributed by atoms with Crippen LogP contribution in [0.25, 0.3) is 0 Å². The van der Waals surface area contributed by atoms with Crippen LogP contribution in [0.3, 0.4) is 0 Å². The summed E-state index contributed by atoms with van der Waals surface area (Å²) in [5, 5.41) is 0.598. The van der Waals surface area contributed by atoms with E-state index in [-0.39, 0.29) is 18.4 Å². The Kier molecular flexibility index (Phi) is 7.59. The second kappa shape index (κ2) is 10.6. The van der Waals surface area contributed by atoms with Crippen molar-refractivity contribution in [3.05, 3.63) is 76.0 Å². The topological polar surface area (TPSA) is 65.1 Å². The second-order valence-electron chi connectivity index (χ2n) is 8.74. The number of nitrogens with zero attached hydrogens (tertiary/aromatic N) is 1. The normalized spacial score (nSPS) is 21.5. The second-order valence-corrected chi connectivity index (χ2v) is 9.17. The smallest absolute Gasteiger partial charge is 0.337 e. The number of benzene rings is 2. The maximum Gasteiger partial charge on any atom is 0.337 e. The Balaban J connectivity index is 1.67. The van der Waals surface area contributed by atoms with Gasteiger partial charge < -0.3 is 19.1 Å². The first-order valence-corrected chi connectivity index (χ1v) is 12.0. The lowest BCUT2D eigenvalue weighted by Crippen LogP contribution is -2.42. The quantitative estimate of drug-likeness (QED) is 0.492. The summed E-state index contributed by atoms with van der Waals surface area (Å²) in [6.07, 6.45) is 1.52. The van der Waals surface area contributed by atoms with Gasteiger partial charge in [-0.1, -0.05) is 41.9 Å². The molecule has 1 fully saturated rings. The molecule has 7 heteroatoms. The molecule has 34 heavy (non-hydrogen) atoms. The van der Waals surface area contributed by atoms with Crippen molar-refractivity contribution in [2.75, 3.05) is 20.3 Å². The van der Waals surface area contributed by atoms with Crippen molar-refractivity contribution in [1.82, 2.24) is 4.90 Å². The SMILES string of the molecule is COc1ccccc1C(C)OC(=O)C1=C(C)N(CC2CCCO2)C(=O)CC1c1ccc(Cl)cc1. The number of rotatable bonds is 7. The third-order valence-electron chi connectivity index (χ3n) is 6.59. The van der Waals surface area contributed by atoms with Crippen LogP contribution < -0.4 is 4.74 Å². The summed E-state index contributed by atoms with van der Waals surface area (Å²) >= 11 is 6.09. The highest BCUT2D eigenvalue weighted by atomic mass is 35.5. The highest BCUT2D eigenvalue weighted by Crippen LogP contribution is 2.39. The predicted molar refractivity (Wildman–Crippen MR) is 130 cm³/mol. The van der Waals surface area contributed by atoms with E-state index in [0.29, 0.717) is 35.2 Å². The highest BCUT2D eigenvalue weighted by molar-refractivity contribution is 6.30. The number of allylic oxidation sites excluding steroid dienone is 1. The van der Waals surface area contributed by atoms with E-state index in [4.69, 9.17) is 25.8 Å². The number of ether oxygens (including phenoxy) is 3. The molecule has 0 saturated carbocycles. The molecule has 0 bridgehead atoms. The zero-order valence-corrected chi connectivity index (χ0v) is 20.5. The molecule has 180 valence electrons. The van der Waals surface area contributed by atoms with E-state index in [1.165, 1.54) is 0 Å². The maximum absolute atomic E-state index is 13.6. The zero-order chi connectivity index (χ0) is 24.2. The summed E-state index contributed by atoms with van der Waals surface area (Å²) in [7, 11) is 1.59. The third-order valence-corrected chi connectivity index (χ3v) is 6.84. The number of para-hydroxylation sites is 1. The van der Waals surface area contributed by atoms with Gasteiger partial charge in [0.1, 0.15) is 11.9 Å². The summed E-state index contributed by atoms with van der Waals surface area (Å²) in [6, 6.07) is 14.7. The van der Waals surface area contributed by atoms with E-state index in [0.717, 1.165) is 24.0 Å². The number of carbonyl (C=O) groups excluding carboxylic acids is 2. The lowest BCUT2D eigenvalue weighted by molar-refractivity contribution is -0.145. The fourth-order valence-electron chi connectivity index (χ4n) is 4.76. The predicted octanol–water partition coefficient (Wildman–Crippen LogP) is 5.42. The molecule has 0 aromatic heterocycles. The number of methoxy groups -OCH3 is 1. The average molecular weight is 484 g/mol. The van der Waals surface area contributed by atoms with Gasteiger partial charge in [-0.15, -0.1) is 0 Å². The monoisotopic (exact) mass is 483 g/mol. The van der Waals surface area contributed by atoms with Gasteiger partial charge in [0.25, 0.3) is 0 Å². The van der Waals surface area contributed by atoms with Crippen molar-refractivity contribution in [2.45, 2.75) is 51.2 Å². The molecule has 2 aromatic rings. The van der Waals surface area contributed by atoms with Crippen LogP contribution in [0.15, 0.2) is 59.8 Å². The van der Waals surface area contributed by atoms with Gasteiger partial charge in [-0.05, 0) is 50.5 Å². The van der Waals surface area contributed by atoms with Crippen molar-refractivity contribution in [3.63, 3.8) is 0 Å². The molecule has 2 heterocycles. The van der Waals surface area contributed by atoms with Gasteiger partial charge in [0.15, 0.2) is 0 Å². The lowest BCUT2D eigenvalue weighted by atomic mass is 9.83. The van der Waals surface area contributed by atoms with Gasteiger partial charge in [-0.25, -0.2) is 4.79 Å². The van der Waals surface area contributed by atoms with Crippen molar-refractivity contribution in [2.24, 2.45) is 0 Å². The number of hydrogen-bond acceptors (Lipinski definition) is 5. The van der Waals surface area contributed by atoms with Crippen molar-refractivity contribution >= 4 is 23.5 Å². The van der Waals surface area contributed by atoms with E-state index in [2.05, 4.69) is 0 Å². The summed E-state index contributed by atoms with van der Waals surface area (Å²) in [5.41, 5.74) is 2.74. The first-order valence-electron chi connectivity index (χ1n) is 11.6. The van der Waals surface area contributed by atoms with Crippen LogP contribution in [0.5, 0.6) is 5.75 Å². The molecule has 6 nitrogen and oxygen atoms in total. The summed E-state index contributed by atoms with van der Waals surface area (Å²) in [6.45, 7) is 4.78. The standard InChI is InChI=1S/C27H30ClNO5/c1-17-26(27(31)34-18(2)22-8-4-5-9-24(22)32-3)23(19-10-12-20(28)13-11-19)15-25(30)29(17)16-21-7-6-14-33-21/h4-5,8-13,18,21,23H,6-7,14-16H2,1-3H3. The summed E-state index contributed by atoms with van der Waals surface area (Å²) in [5.74, 6) is -0.229. The molecule has 0 radical (unpaired) electrons. The van der Waals surface area contributed by atoms with Crippen LogP contribution >= 0.6 is 11.6 Å². The number of esters is 1. The summed E-state index contributed by atoms with van der Waals surface area (Å²) in [4.78, 5) is 28.5. The Labute approximate surface area is 205 Å². The third kappa shape index (κ3) is 5.13. The van der Waals surface area contributed by atoms with Crippen LogP contribution in [0.2, 0.25) is 5.02 Å². The molecular weight excluding hydrogens is 454 g/mol. The minimum atomic E-state index is -0.529. The van der Waals surface area contributed by atoms with Crippen LogP contribution in [-0.4, -0.2) is 43.1 Å². The summed E-state index contributed by atoms with van der Waals surface area (Å²) < 4.78 is 17.1. The van der Waals surface area contributed by atoms with E-state index in [9.17, 15) is 9.59 Å². The number of carbonyl (C=O) groups is 2. The average Bonchev–Trinajstić information content (AvgIpc) is 3.35. The van der Waals surface area contributed by atoms with Gasteiger partial charge in [0, 0.05) is 35.2 Å². The van der Waals surface area contributed by atoms with Gasteiger partial charge >= 0.3 is 5.97 Å². The van der Waals surface area contributed by atoms with Gasteiger partial charge in [0.05, 0.1) is 25.3 Å². The number of halogens is 1. The largest absolute Gasteiger partial charge is 0.496 e. The Hall–Kier alpha value is -2.83. The minimum absolute atomic E-state index is 0.0178. The van der Waals surface area contributed by atoms with Crippen LogP contribution in [0.4, 0.5) is 0 Å². The molecule has 3 atom stereocenters. The zero-order valence-electron chi connectivity index (χ0n) is 19.8. The first kappa shape index (κ1) is 24.3. The molecule has 4 rings (SSSR count). The first-order chi connectivity index (χ1) is 16.4. The van der Waals surface area contributed by atoms with Crippen molar-refractivity contribution in [1.29, 1.82) is 0 Å². The minimum Gasteiger partial charge on any atom is -0.496 e. The van der Waals surface area contributed by atoms with Crippen LogP contribution in [-0.2, 0) is 19.1 Å². The van der Waals surface area contributed by atoms with Crippen molar-refractivity contribution < 1.29 is 23.8 Å². The number of amides is 1. The molecule has 0 N–H and O–H groups in total. The van der Waals surface area contributed by atoms with E-state index < -0.39 is 18.0 Å². The molecule has 2 aliphatic rings. The Morgan fingerprint density at radius 1 is 1.21 bits per heavy atom. The number of hydrogen-bond donors (Lipinski definition) is 0. The maximum atomic E-state index is 13.6. The molecular formula is C27H30ClNO5. The van der Waals surface area contributed by atoms with Gasteiger partial charge in [0.2, 0.25) is 5.91 Å². The Morgan fingerprint density at radius 3 is 2.62 bits per heavy atom. The fraction of sp³-hybridized carbons (Fsp3) is 0.407. The van der Waals surface area contributed by atoms with Gasteiger partial charge in [-0.2, -0.15) is 0 Å². The van der Waals surface area contributed by atoms with E-state index in [1.807, 2.05) is 50.2 Å². The highest BCUT2D eigenvalue weighted by Gasteiger charge is 2.38. The van der Waals surface area contributed by atoms with Gasteiger partial charge in [-0.3, -0.25) is 4.79 Å². The molecule has 0 aliphatic carbocycles. The van der Waals surface area contributed by atoms with Crippen molar-refractivity contribution in [3.8, 4) is 5.75 Å². The Morgan fingerprint density at radius 2 is 1.94 bits per heavy atom. The van der Waals surface area contributed by atoms with Crippen LogP contribution in [0.1, 0.15) is 56.3 Å². The lowest BCUT2D eigenvalue weighted by Gasteiger charge is -2.36. The van der Waals surface area contributed by atoms with E-state index >= 15 is 0 Å².